The smallest absolute Gasteiger partial charge is 0.307 e. The molecule has 0 saturated carbocycles. The first-order valence-corrected chi connectivity index (χ1v) is 7.42. The first-order chi connectivity index (χ1) is 9.51. The molecule has 1 aromatic carbocycles. The Hall–Kier alpha value is -1.36. The average molecular weight is 342 g/mol. The normalized spacial score (nSPS) is 11.8. The van der Waals surface area contributed by atoms with Crippen LogP contribution >= 0.6 is 15.9 Å². The van der Waals surface area contributed by atoms with E-state index in [0.29, 0.717) is 12.1 Å². The maximum absolute atomic E-state index is 12.6. The number of benzene rings is 1. The highest BCUT2D eigenvalue weighted by Crippen LogP contribution is 2.20. The van der Waals surface area contributed by atoms with Crippen LogP contribution in [0.1, 0.15) is 37.0 Å². The van der Waals surface area contributed by atoms with Gasteiger partial charge >= 0.3 is 5.97 Å². The van der Waals surface area contributed by atoms with E-state index in [4.69, 9.17) is 0 Å². The van der Waals surface area contributed by atoms with Crippen LogP contribution < -0.4 is 0 Å². The topological polar surface area (TPSA) is 46.6 Å². The molecule has 110 valence electrons. The van der Waals surface area contributed by atoms with Gasteiger partial charge in [-0.2, -0.15) is 0 Å². The molecule has 0 fully saturated rings. The zero-order chi connectivity index (χ0) is 15.1. The van der Waals surface area contributed by atoms with Gasteiger partial charge in [-0.25, -0.2) is 0 Å². The van der Waals surface area contributed by atoms with Crippen LogP contribution in [0.2, 0.25) is 0 Å². The van der Waals surface area contributed by atoms with Crippen LogP contribution in [0.3, 0.4) is 0 Å². The number of rotatable bonds is 6. The fourth-order valence-corrected chi connectivity index (χ4v) is 2.30. The molecular formula is C15H20BrNO3. The highest BCUT2D eigenvalue weighted by atomic mass is 79.9. The van der Waals surface area contributed by atoms with Crippen molar-refractivity contribution >= 4 is 27.8 Å². The van der Waals surface area contributed by atoms with Gasteiger partial charge in [0, 0.05) is 17.1 Å². The Morgan fingerprint density at radius 3 is 2.55 bits per heavy atom. The predicted octanol–water partition coefficient (Wildman–Crippen LogP) is 3.25. The third kappa shape index (κ3) is 4.34. The van der Waals surface area contributed by atoms with Crippen molar-refractivity contribution < 1.29 is 14.3 Å². The van der Waals surface area contributed by atoms with Gasteiger partial charge in [0.25, 0.3) is 5.91 Å². The first-order valence-electron chi connectivity index (χ1n) is 6.63. The van der Waals surface area contributed by atoms with Crippen LogP contribution in [0, 0.1) is 0 Å². The molecule has 5 heteroatoms. The van der Waals surface area contributed by atoms with E-state index in [2.05, 4.69) is 20.7 Å². The van der Waals surface area contributed by atoms with Gasteiger partial charge in [0.05, 0.1) is 19.1 Å². The molecular weight excluding hydrogens is 322 g/mol. The van der Waals surface area contributed by atoms with Crippen molar-refractivity contribution in [1.29, 1.82) is 0 Å². The lowest BCUT2D eigenvalue weighted by Crippen LogP contribution is -2.40. The maximum atomic E-state index is 12.6. The minimum Gasteiger partial charge on any atom is -0.469 e. The second-order valence-corrected chi connectivity index (χ2v) is 5.42. The summed E-state index contributed by atoms with van der Waals surface area (Å²) in [5.41, 5.74) is 0.609. The third-order valence-electron chi connectivity index (χ3n) is 3.27. The van der Waals surface area contributed by atoms with E-state index in [9.17, 15) is 9.59 Å². The van der Waals surface area contributed by atoms with Crippen LogP contribution in [0.15, 0.2) is 28.7 Å². The lowest BCUT2D eigenvalue weighted by molar-refractivity contribution is -0.140. The van der Waals surface area contributed by atoms with Crippen LogP contribution in [0.5, 0.6) is 0 Å². The van der Waals surface area contributed by atoms with E-state index in [1.54, 1.807) is 11.0 Å². The molecule has 0 radical (unpaired) electrons. The van der Waals surface area contributed by atoms with Crippen molar-refractivity contribution in [2.24, 2.45) is 0 Å². The molecule has 1 rings (SSSR count). The molecule has 0 aliphatic carbocycles. The lowest BCUT2D eigenvalue weighted by atomic mass is 10.1. The number of methoxy groups -OCH3 is 1. The molecule has 0 N–H and O–H groups in total. The highest BCUT2D eigenvalue weighted by Gasteiger charge is 2.22. The van der Waals surface area contributed by atoms with Gasteiger partial charge in [-0.1, -0.05) is 19.1 Å². The summed E-state index contributed by atoms with van der Waals surface area (Å²) in [4.78, 5) is 25.6. The number of hydrogen-bond donors (Lipinski definition) is 0. The van der Waals surface area contributed by atoms with Gasteiger partial charge in [-0.3, -0.25) is 9.59 Å². The van der Waals surface area contributed by atoms with E-state index >= 15 is 0 Å². The summed E-state index contributed by atoms with van der Waals surface area (Å²) in [5, 5.41) is 0. The summed E-state index contributed by atoms with van der Waals surface area (Å²) in [6.07, 6.45) is 1.04. The van der Waals surface area contributed by atoms with Gasteiger partial charge < -0.3 is 9.64 Å². The highest BCUT2D eigenvalue weighted by molar-refractivity contribution is 9.10. The number of ether oxygens (including phenoxy) is 1. The minimum absolute atomic E-state index is 0.0688. The Morgan fingerprint density at radius 2 is 2.00 bits per heavy atom. The van der Waals surface area contributed by atoms with E-state index in [0.717, 1.165) is 10.9 Å². The number of amides is 1. The van der Waals surface area contributed by atoms with Crippen LogP contribution in [-0.2, 0) is 9.53 Å². The molecule has 0 aromatic heterocycles. The summed E-state index contributed by atoms with van der Waals surface area (Å²) in [6.45, 7) is 4.36. The minimum atomic E-state index is -0.307. The molecule has 0 aliphatic heterocycles. The monoisotopic (exact) mass is 341 g/mol. The Bertz CT molecular complexity index is 476. The Morgan fingerprint density at radius 1 is 1.35 bits per heavy atom. The van der Waals surface area contributed by atoms with Crippen molar-refractivity contribution in [1.82, 2.24) is 4.90 Å². The molecule has 20 heavy (non-hydrogen) atoms. The molecule has 0 aliphatic rings. The number of hydrogen-bond acceptors (Lipinski definition) is 3. The second-order valence-electron chi connectivity index (χ2n) is 4.56. The number of nitrogens with zero attached hydrogens (tertiary/aromatic N) is 1. The van der Waals surface area contributed by atoms with E-state index in [1.165, 1.54) is 7.11 Å². The van der Waals surface area contributed by atoms with Crippen molar-refractivity contribution in [3.05, 3.63) is 34.3 Å². The molecule has 0 spiro atoms. The molecule has 0 bridgehead atoms. The number of halogens is 1. The average Bonchev–Trinajstić information content (AvgIpc) is 2.46. The van der Waals surface area contributed by atoms with Gasteiger partial charge in [-0.15, -0.1) is 0 Å². The van der Waals surface area contributed by atoms with Crippen molar-refractivity contribution in [3.8, 4) is 0 Å². The standard InChI is InChI=1S/C15H20BrNO3/c1-4-11(2)17(10-9-14(18)20-3)15(19)12-7-5-6-8-13(12)16/h5-8,11H,4,9-10H2,1-3H3. The molecule has 1 aromatic rings. The molecule has 0 heterocycles. The second kappa shape index (κ2) is 8.04. The van der Waals surface area contributed by atoms with Gasteiger partial charge in [0.2, 0.25) is 0 Å². The maximum Gasteiger partial charge on any atom is 0.307 e. The van der Waals surface area contributed by atoms with Crippen LogP contribution in [-0.4, -0.2) is 36.5 Å². The van der Waals surface area contributed by atoms with Gasteiger partial charge in [-0.05, 0) is 41.4 Å². The summed E-state index contributed by atoms with van der Waals surface area (Å²) in [6, 6.07) is 7.37. The van der Waals surface area contributed by atoms with Crippen LogP contribution in [0.4, 0.5) is 0 Å². The fourth-order valence-electron chi connectivity index (χ4n) is 1.85. The molecule has 1 amide bonds. The van der Waals surface area contributed by atoms with Crippen molar-refractivity contribution in [2.45, 2.75) is 32.7 Å². The van der Waals surface area contributed by atoms with E-state index < -0.39 is 0 Å². The van der Waals surface area contributed by atoms with Crippen LogP contribution in [0.25, 0.3) is 0 Å². The zero-order valence-corrected chi connectivity index (χ0v) is 13.6. The summed E-state index contributed by atoms with van der Waals surface area (Å²) in [7, 11) is 1.35. The summed E-state index contributed by atoms with van der Waals surface area (Å²) < 4.78 is 5.40. The molecule has 4 nitrogen and oxygen atoms in total. The first kappa shape index (κ1) is 16.7. The molecule has 1 unspecified atom stereocenters. The number of esters is 1. The largest absolute Gasteiger partial charge is 0.469 e. The Kier molecular flexibility index (Phi) is 6.71. The third-order valence-corrected chi connectivity index (χ3v) is 3.96. The predicted molar refractivity (Wildman–Crippen MR) is 81.6 cm³/mol. The summed E-state index contributed by atoms with van der Waals surface area (Å²) >= 11 is 3.39. The van der Waals surface area contributed by atoms with E-state index in [1.807, 2.05) is 32.0 Å². The summed E-state index contributed by atoms with van der Waals surface area (Å²) in [5.74, 6) is -0.381. The SMILES string of the molecule is CCC(C)N(CCC(=O)OC)C(=O)c1ccccc1Br. The fraction of sp³-hybridized carbons (Fsp3) is 0.467. The lowest BCUT2D eigenvalue weighted by Gasteiger charge is -2.28. The number of carbonyl (C=O) groups excluding carboxylic acids is 2. The van der Waals surface area contributed by atoms with Gasteiger partial charge in [0.15, 0.2) is 0 Å². The van der Waals surface area contributed by atoms with Crippen molar-refractivity contribution in [2.75, 3.05) is 13.7 Å². The van der Waals surface area contributed by atoms with E-state index in [-0.39, 0.29) is 24.3 Å². The Balaban J connectivity index is 2.90. The molecule has 0 saturated heterocycles. The number of carbonyl (C=O) groups is 2. The van der Waals surface area contributed by atoms with Gasteiger partial charge in [0.1, 0.15) is 0 Å². The Labute approximate surface area is 128 Å². The molecule has 1 atom stereocenters. The van der Waals surface area contributed by atoms with Crippen molar-refractivity contribution in [3.63, 3.8) is 0 Å². The quantitative estimate of drug-likeness (QED) is 0.746. The zero-order valence-electron chi connectivity index (χ0n) is 12.1.